The van der Waals surface area contributed by atoms with Crippen LogP contribution in [0.3, 0.4) is 0 Å². The summed E-state index contributed by atoms with van der Waals surface area (Å²) >= 11 is 6.04. The number of amides is 2. The lowest BCUT2D eigenvalue weighted by Crippen LogP contribution is -2.49. The molecule has 0 bridgehead atoms. The number of rotatable bonds is 9. The van der Waals surface area contributed by atoms with Crippen LogP contribution in [0.5, 0.6) is 0 Å². The minimum atomic E-state index is -1.08. The van der Waals surface area contributed by atoms with Crippen LogP contribution in [0.2, 0.25) is 5.02 Å². The summed E-state index contributed by atoms with van der Waals surface area (Å²) in [5, 5.41) is 14.7. The van der Waals surface area contributed by atoms with Crippen molar-refractivity contribution in [2.45, 2.75) is 18.9 Å². The van der Waals surface area contributed by atoms with Crippen LogP contribution in [-0.4, -0.2) is 40.4 Å². The first-order chi connectivity index (χ1) is 18.8. The molecule has 200 valence electrons. The van der Waals surface area contributed by atoms with Crippen LogP contribution in [0.15, 0.2) is 85.2 Å². The molecule has 0 radical (unpaired) electrons. The highest BCUT2D eigenvalue weighted by Gasteiger charge is 2.33. The Balaban J connectivity index is 1.63. The number of hydrogen-bond donors (Lipinski definition) is 4. The van der Waals surface area contributed by atoms with Gasteiger partial charge in [-0.2, -0.15) is 0 Å². The third-order valence-corrected chi connectivity index (χ3v) is 6.60. The molecule has 3 aromatic rings. The lowest BCUT2D eigenvalue weighted by molar-refractivity contribution is -0.135. The summed E-state index contributed by atoms with van der Waals surface area (Å²) in [5.74, 6) is -2.63. The molecule has 1 unspecified atom stereocenters. The molecule has 1 aliphatic heterocycles. The van der Waals surface area contributed by atoms with Gasteiger partial charge in [0.25, 0.3) is 0 Å². The van der Waals surface area contributed by atoms with E-state index in [1.54, 1.807) is 6.07 Å². The van der Waals surface area contributed by atoms with Crippen LogP contribution in [0, 0.1) is 5.82 Å². The minimum absolute atomic E-state index is 0.0849. The van der Waals surface area contributed by atoms with E-state index in [0.29, 0.717) is 16.9 Å². The van der Waals surface area contributed by atoms with Gasteiger partial charge < -0.3 is 26.4 Å². The van der Waals surface area contributed by atoms with Gasteiger partial charge >= 0.3 is 5.97 Å². The average molecular weight is 549 g/mol. The maximum absolute atomic E-state index is 15.1. The monoisotopic (exact) mass is 548 g/mol. The maximum atomic E-state index is 15.1. The molecular weight excluding hydrogens is 523 g/mol. The van der Waals surface area contributed by atoms with Crippen molar-refractivity contribution in [3.8, 4) is 0 Å². The topological polar surface area (TPSA) is 125 Å². The predicted molar refractivity (Wildman–Crippen MR) is 149 cm³/mol. The molecule has 0 aliphatic carbocycles. The number of aromatic carboxylic acids is 1. The number of anilines is 2. The van der Waals surface area contributed by atoms with Crippen molar-refractivity contribution in [2.24, 2.45) is 5.73 Å². The van der Waals surface area contributed by atoms with Crippen molar-refractivity contribution >= 4 is 46.3 Å². The van der Waals surface area contributed by atoms with Gasteiger partial charge in [-0.25, -0.2) is 9.18 Å². The SMILES string of the molecule is N/C=C\Nc1ccc(Cl)c(F)c1C1=CC(=O)N(C(Cc2ccccc2)C(=O)Nc2ccc(C(=O)O)cc2)CC1. The number of carboxylic acids is 1. The molecule has 0 saturated carbocycles. The van der Waals surface area contributed by atoms with Crippen LogP contribution in [0.25, 0.3) is 5.57 Å². The van der Waals surface area contributed by atoms with Crippen LogP contribution in [0.1, 0.15) is 27.9 Å². The van der Waals surface area contributed by atoms with E-state index in [2.05, 4.69) is 10.6 Å². The molecule has 39 heavy (non-hydrogen) atoms. The van der Waals surface area contributed by atoms with Gasteiger partial charge in [-0.15, -0.1) is 0 Å². The van der Waals surface area contributed by atoms with Crippen LogP contribution < -0.4 is 16.4 Å². The normalized spacial score (nSPS) is 14.2. The highest BCUT2D eigenvalue weighted by molar-refractivity contribution is 6.31. The molecule has 1 atom stereocenters. The number of halogens is 2. The molecule has 0 spiro atoms. The molecule has 1 heterocycles. The standard InChI is InChI=1S/C29H26ClFN4O4/c30-22-10-11-23(33-14-13-32)26(27(22)31)20-12-15-35(25(36)17-20)24(16-18-4-2-1-3-5-18)28(37)34-21-8-6-19(7-9-21)29(38)39/h1-11,13-14,17,24,33H,12,15-16,32H2,(H,34,37)(H,38,39)/b14-13-. The Hall–Kier alpha value is -4.63. The first-order valence-electron chi connectivity index (χ1n) is 12.1. The predicted octanol–water partition coefficient (Wildman–Crippen LogP) is 4.88. The number of nitrogens with two attached hydrogens (primary N) is 1. The molecule has 0 fully saturated rings. The zero-order valence-electron chi connectivity index (χ0n) is 20.7. The van der Waals surface area contributed by atoms with E-state index < -0.39 is 29.6 Å². The fraction of sp³-hybridized carbons (Fsp3) is 0.138. The summed E-state index contributed by atoms with van der Waals surface area (Å²) in [6.07, 6.45) is 4.54. The van der Waals surface area contributed by atoms with Gasteiger partial charge in [-0.05, 0) is 54.0 Å². The molecule has 10 heteroatoms. The van der Waals surface area contributed by atoms with E-state index in [0.717, 1.165) is 5.56 Å². The summed E-state index contributed by atoms with van der Waals surface area (Å²) in [7, 11) is 0. The second-order valence-corrected chi connectivity index (χ2v) is 9.22. The molecule has 0 aromatic heterocycles. The lowest BCUT2D eigenvalue weighted by Gasteiger charge is -2.34. The van der Waals surface area contributed by atoms with Gasteiger partial charge in [0.05, 0.1) is 10.6 Å². The fourth-order valence-corrected chi connectivity index (χ4v) is 4.55. The Morgan fingerprint density at radius 1 is 1.10 bits per heavy atom. The highest BCUT2D eigenvalue weighted by atomic mass is 35.5. The first kappa shape index (κ1) is 27.4. The number of carbonyl (C=O) groups is 3. The van der Waals surface area contributed by atoms with Crippen LogP contribution >= 0.6 is 11.6 Å². The number of benzene rings is 3. The van der Waals surface area contributed by atoms with Gasteiger partial charge in [-0.3, -0.25) is 9.59 Å². The van der Waals surface area contributed by atoms with Crippen molar-refractivity contribution < 1.29 is 23.9 Å². The lowest BCUT2D eigenvalue weighted by atomic mass is 9.94. The zero-order chi connectivity index (χ0) is 27.9. The Morgan fingerprint density at radius 2 is 1.82 bits per heavy atom. The summed E-state index contributed by atoms with van der Waals surface area (Å²) in [5.41, 5.74) is 7.74. The van der Waals surface area contributed by atoms with E-state index >= 15 is 4.39 Å². The minimum Gasteiger partial charge on any atom is -0.478 e. The van der Waals surface area contributed by atoms with Gasteiger partial charge in [0.2, 0.25) is 11.8 Å². The largest absolute Gasteiger partial charge is 0.478 e. The zero-order valence-corrected chi connectivity index (χ0v) is 21.5. The number of carboxylic acid groups (broad SMARTS) is 1. The van der Waals surface area contributed by atoms with Crippen LogP contribution in [0.4, 0.5) is 15.8 Å². The third-order valence-electron chi connectivity index (χ3n) is 6.30. The summed E-state index contributed by atoms with van der Waals surface area (Å²) in [4.78, 5) is 39.5. The highest BCUT2D eigenvalue weighted by Crippen LogP contribution is 2.35. The number of carbonyl (C=O) groups excluding carboxylic acids is 2. The second-order valence-electron chi connectivity index (χ2n) is 8.82. The molecular formula is C29H26ClFN4O4. The van der Waals surface area contributed by atoms with E-state index in [-0.39, 0.29) is 35.5 Å². The molecule has 8 nitrogen and oxygen atoms in total. The Morgan fingerprint density at radius 3 is 2.46 bits per heavy atom. The van der Waals surface area contributed by atoms with Crippen molar-refractivity contribution in [1.82, 2.24) is 4.90 Å². The van der Waals surface area contributed by atoms with Crippen LogP contribution in [-0.2, 0) is 16.0 Å². The van der Waals surface area contributed by atoms with Gasteiger partial charge in [0.1, 0.15) is 6.04 Å². The molecule has 3 aromatic carbocycles. The van der Waals surface area contributed by atoms with E-state index in [1.165, 1.54) is 53.7 Å². The average Bonchev–Trinajstić information content (AvgIpc) is 2.93. The van der Waals surface area contributed by atoms with Crippen molar-refractivity contribution in [3.63, 3.8) is 0 Å². The number of nitrogens with one attached hydrogen (secondary N) is 2. The molecule has 4 rings (SSSR count). The number of hydrogen-bond acceptors (Lipinski definition) is 5. The molecule has 0 saturated heterocycles. The van der Waals surface area contributed by atoms with Crippen molar-refractivity contribution in [3.05, 3.63) is 113 Å². The fourth-order valence-electron chi connectivity index (χ4n) is 4.39. The van der Waals surface area contributed by atoms with E-state index in [4.69, 9.17) is 22.4 Å². The van der Waals surface area contributed by atoms with E-state index in [1.807, 2.05) is 30.3 Å². The second kappa shape index (κ2) is 12.3. The Bertz CT molecular complexity index is 1440. The van der Waals surface area contributed by atoms with Crippen molar-refractivity contribution in [2.75, 3.05) is 17.2 Å². The number of nitrogens with zero attached hydrogens (tertiary/aromatic N) is 1. The van der Waals surface area contributed by atoms with Gasteiger partial charge in [-0.1, -0.05) is 41.9 Å². The molecule has 5 N–H and O–H groups in total. The Labute approximate surface area is 229 Å². The maximum Gasteiger partial charge on any atom is 0.335 e. The Kier molecular flexibility index (Phi) is 8.63. The molecule has 2 amide bonds. The third kappa shape index (κ3) is 6.45. The summed E-state index contributed by atoms with van der Waals surface area (Å²) in [6, 6.07) is 17.2. The quantitative estimate of drug-likeness (QED) is 0.302. The van der Waals surface area contributed by atoms with Gasteiger partial charge in [0, 0.05) is 48.4 Å². The smallest absolute Gasteiger partial charge is 0.335 e. The summed E-state index contributed by atoms with van der Waals surface area (Å²) < 4.78 is 15.1. The van der Waals surface area contributed by atoms with E-state index in [9.17, 15) is 14.4 Å². The van der Waals surface area contributed by atoms with Crippen molar-refractivity contribution in [1.29, 1.82) is 0 Å². The summed E-state index contributed by atoms with van der Waals surface area (Å²) in [6.45, 7) is 0.158. The molecule has 1 aliphatic rings. The first-order valence-corrected chi connectivity index (χ1v) is 12.5. The van der Waals surface area contributed by atoms with Gasteiger partial charge in [0.15, 0.2) is 5.82 Å².